The van der Waals surface area contributed by atoms with Gasteiger partial charge in [0, 0.05) is 24.2 Å². The van der Waals surface area contributed by atoms with Gasteiger partial charge in [0.2, 0.25) is 0 Å². The Morgan fingerprint density at radius 2 is 1.96 bits per heavy atom. The number of nitriles is 1. The highest BCUT2D eigenvalue weighted by Gasteiger charge is 2.27. The van der Waals surface area contributed by atoms with Crippen molar-refractivity contribution in [2.75, 3.05) is 18.0 Å². The van der Waals surface area contributed by atoms with Gasteiger partial charge in [-0.1, -0.05) is 31.2 Å². The quantitative estimate of drug-likeness (QED) is 0.878. The van der Waals surface area contributed by atoms with Gasteiger partial charge in [0.15, 0.2) is 0 Å². The van der Waals surface area contributed by atoms with Crippen LogP contribution in [0.1, 0.15) is 36.5 Å². The zero-order valence-corrected chi connectivity index (χ0v) is 13.9. The number of hydrogen-bond acceptors (Lipinski definition) is 3. The van der Waals surface area contributed by atoms with Crippen molar-refractivity contribution in [1.29, 1.82) is 5.26 Å². The molecule has 4 heteroatoms. The molecule has 1 aliphatic carbocycles. The Kier molecular flexibility index (Phi) is 3.65. The van der Waals surface area contributed by atoms with Crippen molar-refractivity contribution in [3.63, 3.8) is 0 Å². The van der Waals surface area contributed by atoms with E-state index < -0.39 is 0 Å². The summed E-state index contributed by atoms with van der Waals surface area (Å²) in [5.41, 5.74) is 4.27. The molecule has 0 unspecified atom stereocenters. The van der Waals surface area contributed by atoms with Crippen LogP contribution in [0.25, 0.3) is 11.1 Å². The molecule has 0 amide bonds. The van der Waals surface area contributed by atoms with E-state index >= 15 is 0 Å². The number of nitrogens with zero attached hydrogens (tertiary/aromatic N) is 2. The lowest BCUT2D eigenvalue weighted by atomic mass is 9.83. The van der Waals surface area contributed by atoms with Gasteiger partial charge in [-0.05, 0) is 42.7 Å². The van der Waals surface area contributed by atoms with Crippen molar-refractivity contribution in [2.24, 2.45) is 5.92 Å². The Labute approximate surface area is 141 Å². The van der Waals surface area contributed by atoms with Crippen LogP contribution in [0, 0.1) is 17.2 Å². The summed E-state index contributed by atoms with van der Waals surface area (Å²) >= 11 is 0. The van der Waals surface area contributed by atoms with E-state index in [1.165, 1.54) is 5.56 Å². The largest absolute Gasteiger partial charge is 0.358 e. The molecule has 1 fully saturated rings. The molecule has 4 rings (SSSR count). The molecule has 0 radical (unpaired) electrons. The second kappa shape index (κ2) is 5.83. The second-order valence-electron chi connectivity index (χ2n) is 6.97. The molecule has 24 heavy (non-hydrogen) atoms. The first kappa shape index (κ1) is 15.0. The third kappa shape index (κ3) is 2.32. The monoisotopic (exact) mass is 319 g/mol. The molecule has 0 saturated carbocycles. The standard InChI is InChI=1S/C20H21N3O/c1-13-8-10-23(11-9-13)19-16-7-6-14-4-2-3-5-15(14)18(16)17(12-21)20(24)22-19/h2-5,13H,6-11H2,1H3,(H,22,24). The molecule has 1 N–H and O–H groups in total. The average Bonchev–Trinajstić information content (AvgIpc) is 2.61. The number of anilines is 1. The molecule has 0 spiro atoms. The number of nitrogens with one attached hydrogen (secondary N) is 1. The first-order chi connectivity index (χ1) is 11.7. The molecule has 4 nitrogen and oxygen atoms in total. The molecule has 122 valence electrons. The van der Waals surface area contributed by atoms with Gasteiger partial charge in [-0.2, -0.15) is 5.26 Å². The van der Waals surface area contributed by atoms with Crippen LogP contribution in [0.3, 0.4) is 0 Å². The predicted molar refractivity (Wildman–Crippen MR) is 95.2 cm³/mol. The number of aryl methyl sites for hydroxylation is 1. The van der Waals surface area contributed by atoms with Gasteiger partial charge < -0.3 is 9.88 Å². The molecule has 2 heterocycles. The van der Waals surface area contributed by atoms with Gasteiger partial charge in [0.1, 0.15) is 17.5 Å². The van der Waals surface area contributed by atoms with E-state index in [4.69, 9.17) is 0 Å². The maximum absolute atomic E-state index is 12.6. The molecule has 1 aromatic carbocycles. The SMILES string of the molecule is CC1CCN(c2[nH]c(=O)c(C#N)c3c2CCc2ccccc2-3)CC1. The van der Waals surface area contributed by atoms with E-state index in [1.54, 1.807) is 0 Å². The van der Waals surface area contributed by atoms with Crippen molar-refractivity contribution in [1.82, 2.24) is 4.98 Å². The van der Waals surface area contributed by atoms with Gasteiger partial charge in [-0.25, -0.2) is 0 Å². The normalized spacial score (nSPS) is 17.1. The van der Waals surface area contributed by atoms with Crippen LogP contribution in [0.5, 0.6) is 0 Å². The minimum absolute atomic E-state index is 0.256. The molecular weight excluding hydrogens is 298 g/mol. The van der Waals surface area contributed by atoms with E-state index in [1.807, 2.05) is 18.2 Å². The zero-order valence-electron chi connectivity index (χ0n) is 13.9. The Balaban J connectivity index is 1.92. The van der Waals surface area contributed by atoms with Gasteiger partial charge in [-0.15, -0.1) is 0 Å². The topological polar surface area (TPSA) is 59.9 Å². The first-order valence-electron chi connectivity index (χ1n) is 8.71. The highest BCUT2D eigenvalue weighted by atomic mass is 16.1. The number of aromatic nitrogens is 1. The van der Waals surface area contributed by atoms with Gasteiger partial charge in [0.05, 0.1) is 0 Å². The van der Waals surface area contributed by atoms with Gasteiger partial charge in [-0.3, -0.25) is 4.79 Å². The lowest BCUT2D eigenvalue weighted by Gasteiger charge is -2.34. The first-order valence-corrected chi connectivity index (χ1v) is 8.71. The molecule has 0 bridgehead atoms. The summed E-state index contributed by atoms with van der Waals surface area (Å²) in [4.78, 5) is 17.9. The molecule has 0 atom stereocenters. The van der Waals surface area contributed by atoms with Crippen LogP contribution in [-0.2, 0) is 12.8 Å². The molecule has 1 aliphatic heterocycles. The number of H-pyrrole nitrogens is 1. The summed E-state index contributed by atoms with van der Waals surface area (Å²) in [6, 6.07) is 10.3. The fraction of sp³-hybridized carbons (Fsp3) is 0.400. The Hall–Kier alpha value is -2.54. The van der Waals surface area contributed by atoms with E-state index in [-0.39, 0.29) is 11.1 Å². The third-order valence-electron chi connectivity index (χ3n) is 5.44. The van der Waals surface area contributed by atoms with Gasteiger partial charge >= 0.3 is 0 Å². The van der Waals surface area contributed by atoms with E-state index in [9.17, 15) is 10.1 Å². The lowest BCUT2D eigenvalue weighted by Crippen LogP contribution is -2.36. The zero-order chi connectivity index (χ0) is 16.7. The maximum Gasteiger partial charge on any atom is 0.268 e. The predicted octanol–water partition coefficient (Wildman–Crippen LogP) is 3.25. The van der Waals surface area contributed by atoms with Crippen LogP contribution >= 0.6 is 0 Å². The number of benzene rings is 1. The number of rotatable bonds is 1. The number of piperidine rings is 1. The number of pyridine rings is 1. The van der Waals surface area contributed by atoms with Crippen LogP contribution in [0.15, 0.2) is 29.1 Å². The van der Waals surface area contributed by atoms with Crippen LogP contribution in [-0.4, -0.2) is 18.1 Å². The van der Waals surface area contributed by atoms with E-state index in [0.717, 1.165) is 67.2 Å². The molecular formula is C20H21N3O. The van der Waals surface area contributed by atoms with E-state index in [0.29, 0.717) is 0 Å². The highest BCUT2D eigenvalue weighted by Crippen LogP contribution is 2.39. The fourth-order valence-electron chi connectivity index (χ4n) is 4.02. The average molecular weight is 319 g/mol. The number of fused-ring (bicyclic) bond motifs is 3. The number of aromatic amines is 1. The molecule has 1 aromatic heterocycles. The number of hydrogen-bond donors (Lipinski definition) is 1. The summed E-state index contributed by atoms with van der Waals surface area (Å²) in [6.45, 7) is 4.22. The van der Waals surface area contributed by atoms with Crippen LogP contribution in [0.4, 0.5) is 5.82 Å². The fourth-order valence-corrected chi connectivity index (χ4v) is 4.02. The maximum atomic E-state index is 12.6. The Morgan fingerprint density at radius 3 is 2.71 bits per heavy atom. The summed E-state index contributed by atoms with van der Waals surface area (Å²) < 4.78 is 0. The minimum Gasteiger partial charge on any atom is -0.358 e. The Bertz CT molecular complexity index is 883. The molecule has 1 saturated heterocycles. The van der Waals surface area contributed by atoms with Crippen LogP contribution in [0.2, 0.25) is 0 Å². The Morgan fingerprint density at radius 1 is 1.21 bits per heavy atom. The van der Waals surface area contributed by atoms with Crippen molar-refractivity contribution >= 4 is 5.82 Å². The van der Waals surface area contributed by atoms with Crippen molar-refractivity contribution < 1.29 is 0 Å². The summed E-state index contributed by atoms with van der Waals surface area (Å²) in [5, 5.41) is 9.55. The summed E-state index contributed by atoms with van der Waals surface area (Å²) in [5.74, 6) is 1.68. The van der Waals surface area contributed by atoms with Crippen molar-refractivity contribution in [3.05, 3.63) is 51.3 Å². The molecule has 2 aromatic rings. The van der Waals surface area contributed by atoms with E-state index in [2.05, 4.69) is 28.9 Å². The smallest absolute Gasteiger partial charge is 0.268 e. The minimum atomic E-state index is -0.262. The van der Waals surface area contributed by atoms with Crippen LogP contribution < -0.4 is 10.5 Å². The van der Waals surface area contributed by atoms with Gasteiger partial charge in [0.25, 0.3) is 5.56 Å². The van der Waals surface area contributed by atoms with Crippen molar-refractivity contribution in [3.8, 4) is 17.2 Å². The molecule has 2 aliphatic rings. The second-order valence-corrected chi connectivity index (χ2v) is 6.97. The lowest BCUT2D eigenvalue weighted by molar-refractivity contribution is 0.436. The van der Waals surface area contributed by atoms with Crippen molar-refractivity contribution in [2.45, 2.75) is 32.6 Å². The third-order valence-corrected chi connectivity index (χ3v) is 5.44. The summed E-state index contributed by atoms with van der Waals surface area (Å²) in [6.07, 6.45) is 4.12. The highest BCUT2D eigenvalue weighted by molar-refractivity contribution is 5.81. The summed E-state index contributed by atoms with van der Waals surface area (Å²) in [7, 11) is 0.